The molecule has 0 spiro atoms. The summed E-state index contributed by atoms with van der Waals surface area (Å²) in [5.41, 5.74) is 1.82. The molecule has 1 aliphatic carbocycles. The fourth-order valence-electron chi connectivity index (χ4n) is 4.82. The summed E-state index contributed by atoms with van der Waals surface area (Å²) in [6.45, 7) is 1.43. The molecule has 7 nitrogen and oxygen atoms in total. The van der Waals surface area contributed by atoms with Crippen LogP contribution in [0, 0.1) is 11.6 Å². The molecule has 2 aliphatic rings. The third-order valence-electron chi connectivity index (χ3n) is 6.89. The van der Waals surface area contributed by atoms with Crippen LogP contribution in [0.5, 0.6) is 0 Å². The Morgan fingerprint density at radius 1 is 1.03 bits per heavy atom. The van der Waals surface area contributed by atoms with E-state index in [0.717, 1.165) is 37.4 Å². The first-order valence-electron chi connectivity index (χ1n) is 11.9. The van der Waals surface area contributed by atoms with Gasteiger partial charge in [0.1, 0.15) is 30.1 Å². The molecular formula is C26H23F2N5O2. The normalized spacial score (nSPS) is 16.7. The average Bonchev–Trinajstić information content (AvgIpc) is 3.61. The maximum absolute atomic E-state index is 14.7. The number of hydrogen-bond donors (Lipinski definition) is 0. The molecule has 1 saturated carbocycles. The Bertz CT molecular complexity index is 1410. The number of piperidine rings is 1. The van der Waals surface area contributed by atoms with Gasteiger partial charge in [0.2, 0.25) is 5.89 Å². The van der Waals surface area contributed by atoms with Crippen molar-refractivity contribution in [3.05, 3.63) is 65.6 Å². The van der Waals surface area contributed by atoms with Crippen LogP contribution in [0.2, 0.25) is 0 Å². The van der Waals surface area contributed by atoms with E-state index in [1.807, 2.05) is 0 Å². The van der Waals surface area contributed by atoms with Crippen LogP contribution in [0.15, 0.2) is 41.2 Å². The first kappa shape index (κ1) is 21.8. The van der Waals surface area contributed by atoms with Gasteiger partial charge in [0.05, 0.1) is 5.52 Å². The second kappa shape index (κ2) is 8.79. The number of carbonyl (C=O) groups is 1. The lowest BCUT2D eigenvalue weighted by Gasteiger charge is -2.32. The van der Waals surface area contributed by atoms with Crippen LogP contribution in [0.4, 0.5) is 14.6 Å². The predicted octanol–water partition coefficient (Wildman–Crippen LogP) is 4.96. The lowest BCUT2D eigenvalue weighted by atomic mass is 9.95. The molecule has 2 aromatic heterocycles. The van der Waals surface area contributed by atoms with Gasteiger partial charge >= 0.3 is 0 Å². The molecule has 2 fully saturated rings. The Labute approximate surface area is 200 Å². The standard InChI is InChI=1S/C26H23F2N5O2/c27-19-12-20(18-4-1-15(7-10-34)22(28)11-18)23-21(13-19)25(30-14-29-23)33-8-5-16(6-9-33)24-31-26(35-32-24)17-2-3-17/h1,4,10-14,16-17H,2-3,5-9H2. The second-order valence-corrected chi connectivity index (χ2v) is 9.25. The highest BCUT2D eigenvalue weighted by Crippen LogP contribution is 2.40. The van der Waals surface area contributed by atoms with Crippen LogP contribution in [-0.4, -0.2) is 39.5 Å². The van der Waals surface area contributed by atoms with Crippen LogP contribution in [0.3, 0.4) is 0 Å². The molecule has 0 N–H and O–H groups in total. The van der Waals surface area contributed by atoms with E-state index in [4.69, 9.17) is 4.52 Å². The summed E-state index contributed by atoms with van der Waals surface area (Å²) in [6, 6.07) is 7.34. The number of benzene rings is 2. The molecule has 0 bridgehead atoms. The number of aromatic nitrogens is 4. The van der Waals surface area contributed by atoms with Gasteiger partial charge in [-0.05, 0) is 55.0 Å². The van der Waals surface area contributed by atoms with Crippen molar-refractivity contribution in [2.45, 2.75) is 43.9 Å². The van der Waals surface area contributed by atoms with Gasteiger partial charge in [-0.1, -0.05) is 17.3 Å². The summed E-state index contributed by atoms with van der Waals surface area (Å²) in [6.07, 6.45) is 6.02. The number of carbonyl (C=O) groups excluding carboxylic acids is 1. The molecule has 3 heterocycles. The molecule has 0 radical (unpaired) electrons. The number of aldehydes is 1. The molecule has 4 aromatic rings. The fraction of sp³-hybridized carbons (Fsp3) is 0.346. The molecule has 9 heteroatoms. The van der Waals surface area contributed by atoms with Crippen molar-refractivity contribution < 1.29 is 18.1 Å². The number of anilines is 1. The summed E-state index contributed by atoms with van der Waals surface area (Å²) in [7, 11) is 0. The highest BCUT2D eigenvalue weighted by Gasteiger charge is 2.32. The van der Waals surface area contributed by atoms with Crippen molar-refractivity contribution >= 4 is 23.0 Å². The summed E-state index contributed by atoms with van der Waals surface area (Å²) < 4.78 is 34.7. The Kier molecular flexibility index (Phi) is 5.47. The van der Waals surface area contributed by atoms with Gasteiger partial charge in [-0.2, -0.15) is 4.98 Å². The van der Waals surface area contributed by atoms with E-state index in [-0.39, 0.29) is 12.3 Å². The number of halogens is 2. The maximum atomic E-state index is 14.7. The van der Waals surface area contributed by atoms with Gasteiger partial charge in [-0.25, -0.2) is 18.7 Å². The zero-order chi connectivity index (χ0) is 23.9. The van der Waals surface area contributed by atoms with Gasteiger partial charge in [0.15, 0.2) is 5.82 Å². The van der Waals surface area contributed by atoms with Crippen molar-refractivity contribution in [2.24, 2.45) is 0 Å². The third-order valence-corrected chi connectivity index (χ3v) is 6.89. The third kappa shape index (κ3) is 4.15. The predicted molar refractivity (Wildman–Crippen MR) is 125 cm³/mol. The minimum absolute atomic E-state index is 0.00988. The summed E-state index contributed by atoms with van der Waals surface area (Å²) in [4.78, 5) is 26.4. The lowest BCUT2D eigenvalue weighted by molar-refractivity contribution is -0.107. The van der Waals surface area contributed by atoms with Crippen LogP contribution in [0.1, 0.15) is 54.8 Å². The SMILES string of the molecule is O=CCc1ccc(-c2cc(F)cc3c(N4CCC(c5noc(C6CC6)n5)CC4)ncnc23)cc1F. The van der Waals surface area contributed by atoms with Gasteiger partial charge < -0.3 is 14.2 Å². The van der Waals surface area contributed by atoms with Gasteiger partial charge in [0, 0.05) is 42.3 Å². The zero-order valence-corrected chi connectivity index (χ0v) is 19.0. The van der Waals surface area contributed by atoms with E-state index in [9.17, 15) is 13.6 Å². The Balaban J connectivity index is 1.29. The minimum Gasteiger partial charge on any atom is -0.356 e. The number of rotatable bonds is 6. The average molecular weight is 475 g/mol. The first-order chi connectivity index (χ1) is 17.1. The van der Waals surface area contributed by atoms with Crippen molar-refractivity contribution in [2.75, 3.05) is 18.0 Å². The van der Waals surface area contributed by atoms with Crippen LogP contribution in [-0.2, 0) is 11.2 Å². The topological polar surface area (TPSA) is 85.0 Å². The van der Waals surface area contributed by atoms with E-state index >= 15 is 0 Å². The molecule has 178 valence electrons. The number of fused-ring (bicyclic) bond motifs is 1. The lowest BCUT2D eigenvalue weighted by Crippen LogP contribution is -2.34. The molecule has 1 saturated heterocycles. The van der Waals surface area contributed by atoms with Crippen molar-refractivity contribution in [1.82, 2.24) is 20.1 Å². The van der Waals surface area contributed by atoms with E-state index in [1.54, 1.807) is 12.1 Å². The Morgan fingerprint density at radius 3 is 2.60 bits per heavy atom. The smallest absolute Gasteiger partial charge is 0.229 e. The molecular weight excluding hydrogens is 452 g/mol. The van der Waals surface area contributed by atoms with Crippen LogP contribution in [0.25, 0.3) is 22.0 Å². The largest absolute Gasteiger partial charge is 0.356 e. The Hall–Kier alpha value is -3.75. The van der Waals surface area contributed by atoms with Crippen molar-refractivity contribution in [3.63, 3.8) is 0 Å². The molecule has 0 atom stereocenters. The molecule has 0 unspecified atom stereocenters. The zero-order valence-electron chi connectivity index (χ0n) is 19.0. The molecule has 6 rings (SSSR count). The molecule has 35 heavy (non-hydrogen) atoms. The van der Waals surface area contributed by atoms with E-state index in [1.165, 1.54) is 24.5 Å². The van der Waals surface area contributed by atoms with E-state index in [2.05, 4.69) is 25.0 Å². The Morgan fingerprint density at radius 2 is 1.86 bits per heavy atom. The van der Waals surface area contributed by atoms with Gasteiger partial charge in [0.25, 0.3) is 0 Å². The summed E-state index contributed by atoms with van der Waals surface area (Å²) in [5, 5.41) is 4.78. The van der Waals surface area contributed by atoms with Crippen molar-refractivity contribution in [1.29, 1.82) is 0 Å². The minimum atomic E-state index is -0.505. The second-order valence-electron chi connectivity index (χ2n) is 9.25. The summed E-state index contributed by atoms with van der Waals surface area (Å²) in [5.74, 6) is 1.87. The summed E-state index contributed by atoms with van der Waals surface area (Å²) >= 11 is 0. The monoisotopic (exact) mass is 475 g/mol. The van der Waals surface area contributed by atoms with E-state index < -0.39 is 11.6 Å². The van der Waals surface area contributed by atoms with Crippen molar-refractivity contribution in [3.8, 4) is 11.1 Å². The number of nitrogens with zero attached hydrogens (tertiary/aromatic N) is 5. The number of hydrogen-bond acceptors (Lipinski definition) is 7. The fourth-order valence-corrected chi connectivity index (χ4v) is 4.82. The van der Waals surface area contributed by atoms with Crippen LogP contribution >= 0.6 is 0 Å². The maximum Gasteiger partial charge on any atom is 0.229 e. The molecule has 2 aromatic carbocycles. The highest BCUT2D eigenvalue weighted by molar-refractivity contribution is 5.99. The molecule has 1 aliphatic heterocycles. The quantitative estimate of drug-likeness (QED) is 0.364. The highest BCUT2D eigenvalue weighted by atomic mass is 19.1. The van der Waals surface area contributed by atoms with Crippen LogP contribution < -0.4 is 4.90 Å². The van der Waals surface area contributed by atoms with Gasteiger partial charge in [-0.15, -0.1) is 0 Å². The van der Waals surface area contributed by atoms with Gasteiger partial charge in [-0.3, -0.25) is 0 Å². The molecule has 0 amide bonds. The first-order valence-corrected chi connectivity index (χ1v) is 11.9. The van der Waals surface area contributed by atoms with E-state index in [0.29, 0.717) is 58.7 Å².